The summed E-state index contributed by atoms with van der Waals surface area (Å²) in [6.07, 6.45) is 6.55. The number of aromatic carboxylic acids is 1. The molecule has 9 nitrogen and oxygen atoms in total. The van der Waals surface area contributed by atoms with Crippen LogP contribution >= 0.6 is 15.9 Å². The van der Waals surface area contributed by atoms with Crippen LogP contribution in [0.3, 0.4) is 0 Å². The van der Waals surface area contributed by atoms with Gasteiger partial charge in [0.25, 0.3) is 11.8 Å². The van der Waals surface area contributed by atoms with E-state index in [-0.39, 0.29) is 23.4 Å². The summed E-state index contributed by atoms with van der Waals surface area (Å²) in [4.78, 5) is 49.6. The molecule has 0 bridgehead atoms. The number of nitrogens with one attached hydrogen (secondary N) is 1. The molecule has 2 N–H and O–H groups in total. The number of benzene rings is 2. The van der Waals surface area contributed by atoms with Crippen LogP contribution in [0.4, 0.5) is 10.5 Å². The second-order valence-corrected chi connectivity index (χ2v) is 7.42. The van der Waals surface area contributed by atoms with Gasteiger partial charge >= 0.3 is 12.0 Å². The summed E-state index contributed by atoms with van der Waals surface area (Å²) < 4.78 is 11.6. The van der Waals surface area contributed by atoms with Crippen LogP contribution in [0.5, 0.6) is 11.5 Å². The zero-order valence-electron chi connectivity index (χ0n) is 17.3. The number of carbonyl (C=O) groups is 4. The van der Waals surface area contributed by atoms with Crippen molar-refractivity contribution in [2.24, 2.45) is 0 Å². The molecule has 1 heterocycles. The van der Waals surface area contributed by atoms with Crippen molar-refractivity contribution in [1.82, 2.24) is 5.32 Å². The molecule has 0 aromatic heterocycles. The fraction of sp³-hybridized carbons (Fsp3) is 0.130. The van der Waals surface area contributed by atoms with Crippen molar-refractivity contribution in [2.45, 2.75) is 6.92 Å². The SMILES string of the molecule is C#CCOc1c(Br)cc(/C=C2\C(=O)NC(=O)N(c3ccc(C(=O)O)cc3)C2=O)cc1OCC. The molecule has 3 rings (SSSR count). The number of rotatable bonds is 7. The van der Waals surface area contributed by atoms with Crippen molar-refractivity contribution in [3.05, 3.63) is 57.6 Å². The predicted molar refractivity (Wildman–Crippen MR) is 122 cm³/mol. The van der Waals surface area contributed by atoms with E-state index in [2.05, 4.69) is 27.2 Å². The zero-order chi connectivity index (χ0) is 24.1. The van der Waals surface area contributed by atoms with Gasteiger partial charge in [0.15, 0.2) is 11.5 Å². The molecule has 1 aliphatic heterocycles. The van der Waals surface area contributed by atoms with Crippen molar-refractivity contribution in [1.29, 1.82) is 0 Å². The Hall–Kier alpha value is -4.10. The van der Waals surface area contributed by atoms with E-state index in [4.69, 9.17) is 21.0 Å². The van der Waals surface area contributed by atoms with E-state index in [1.165, 1.54) is 30.3 Å². The summed E-state index contributed by atoms with van der Waals surface area (Å²) in [6.45, 7) is 2.12. The molecule has 2 aromatic carbocycles. The van der Waals surface area contributed by atoms with E-state index in [1.54, 1.807) is 19.1 Å². The lowest BCUT2D eigenvalue weighted by Crippen LogP contribution is -2.54. The van der Waals surface area contributed by atoms with Gasteiger partial charge in [-0.2, -0.15) is 0 Å². The number of anilines is 1. The van der Waals surface area contributed by atoms with E-state index >= 15 is 0 Å². The van der Waals surface area contributed by atoms with Crippen molar-refractivity contribution in [2.75, 3.05) is 18.1 Å². The lowest BCUT2D eigenvalue weighted by Gasteiger charge is -2.26. The molecule has 2 aromatic rings. The smallest absolute Gasteiger partial charge is 0.335 e. The van der Waals surface area contributed by atoms with Crippen LogP contribution < -0.4 is 19.7 Å². The number of imide groups is 2. The summed E-state index contributed by atoms with van der Waals surface area (Å²) in [6, 6.07) is 7.32. The average molecular weight is 513 g/mol. The number of nitrogens with zero attached hydrogens (tertiary/aromatic N) is 1. The maximum atomic E-state index is 13.0. The first-order chi connectivity index (χ1) is 15.8. The van der Waals surface area contributed by atoms with E-state index in [9.17, 15) is 19.2 Å². The van der Waals surface area contributed by atoms with Crippen molar-refractivity contribution >= 4 is 51.5 Å². The molecule has 0 aliphatic carbocycles. The molecule has 1 saturated heterocycles. The maximum absolute atomic E-state index is 13.0. The van der Waals surface area contributed by atoms with Gasteiger partial charge in [0.05, 0.1) is 22.3 Å². The first-order valence-corrected chi connectivity index (χ1v) is 10.3. The Labute approximate surface area is 197 Å². The summed E-state index contributed by atoms with van der Waals surface area (Å²) in [5, 5.41) is 11.1. The van der Waals surface area contributed by atoms with Gasteiger partial charge in [0, 0.05) is 0 Å². The number of carboxylic acid groups (broad SMARTS) is 1. The molecule has 0 spiro atoms. The van der Waals surface area contributed by atoms with Gasteiger partial charge < -0.3 is 14.6 Å². The Bertz CT molecular complexity index is 1210. The van der Waals surface area contributed by atoms with Gasteiger partial charge in [-0.3, -0.25) is 14.9 Å². The molecular formula is C23H17BrN2O7. The number of amides is 4. The molecule has 0 radical (unpaired) electrons. The second-order valence-electron chi connectivity index (χ2n) is 6.57. The number of carboxylic acids is 1. The summed E-state index contributed by atoms with van der Waals surface area (Å²) >= 11 is 3.37. The second kappa shape index (κ2) is 10.0. The Morgan fingerprint density at radius 3 is 2.52 bits per heavy atom. The number of carbonyl (C=O) groups excluding carboxylic acids is 3. The van der Waals surface area contributed by atoms with Gasteiger partial charge in [0.1, 0.15) is 12.2 Å². The normalized spacial score (nSPS) is 14.6. The van der Waals surface area contributed by atoms with E-state index in [1.807, 2.05) is 0 Å². The first kappa shape index (κ1) is 23.6. The highest BCUT2D eigenvalue weighted by molar-refractivity contribution is 9.10. The van der Waals surface area contributed by atoms with Gasteiger partial charge in [-0.15, -0.1) is 6.42 Å². The minimum absolute atomic E-state index is 0.0116. The third-order valence-electron chi connectivity index (χ3n) is 4.42. The molecular weight excluding hydrogens is 496 g/mol. The first-order valence-electron chi connectivity index (χ1n) is 9.54. The fourth-order valence-electron chi connectivity index (χ4n) is 3.00. The number of ether oxygens (including phenoxy) is 2. The molecule has 0 saturated carbocycles. The molecule has 4 amide bonds. The predicted octanol–water partition coefficient (Wildman–Crippen LogP) is 3.22. The molecule has 1 fully saturated rings. The Morgan fingerprint density at radius 1 is 1.21 bits per heavy atom. The lowest BCUT2D eigenvalue weighted by molar-refractivity contribution is -0.122. The molecule has 10 heteroatoms. The minimum atomic E-state index is -1.16. The zero-order valence-corrected chi connectivity index (χ0v) is 18.8. The quantitative estimate of drug-likeness (QED) is 0.331. The van der Waals surface area contributed by atoms with E-state index in [0.717, 1.165) is 4.90 Å². The van der Waals surface area contributed by atoms with E-state index < -0.39 is 23.8 Å². The number of barbiturate groups is 1. The number of terminal acetylenes is 1. The largest absolute Gasteiger partial charge is 0.490 e. The Morgan fingerprint density at radius 2 is 1.91 bits per heavy atom. The van der Waals surface area contributed by atoms with Gasteiger partial charge in [-0.05, 0) is 70.9 Å². The number of halogens is 1. The van der Waals surface area contributed by atoms with Gasteiger partial charge in [-0.25, -0.2) is 14.5 Å². The third-order valence-corrected chi connectivity index (χ3v) is 5.01. The molecule has 0 atom stereocenters. The molecule has 0 unspecified atom stereocenters. The van der Waals surface area contributed by atoms with Crippen LogP contribution in [-0.4, -0.2) is 42.1 Å². The minimum Gasteiger partial charge on any atom is -0.490 e. The Kier molecular flexibility index (Phi) is 7.15. The van der Waals surface area contributed by atoms with Crippen LogP contribution in [0.1, 0.15) is 22.8 Å². The van der Waals surface area contributed by atoms with Gasteiger partial charge in [-0.1, -0.05) is 5.92 Å². The third kappa shape index (κ3) is 5.05. The van der Waals surface area contributed by atoms with Crippen LogP contribution in [-0.2, 0) is 9.59 Å². The highest BCUT2D eigenvalue weighted by atomic mass is 79.9. The van der Waals surface area contributed by atoms with Crippen LogP contribution in [0.15, 0.2) is 46.4 Å². The Balaban J connectivity index is 2.00. The fourth-order valence-corrected chi connectivity index (χ4v) is 3.57. The summed E-state index contributed by atoms with van der Waals surface area (Å²) in [7, 11) is 0. The topological polar surface area (TPSA) is 122 Å². The summed E-state index contributed by atoms with van der Waals surface area (Å²) in [5.41, 5.74) is 0.210. The average Bonchev–Trinajstić information content (AvgIpc) is 2.76. The molecule has 1 aliphatic rings. The number of urea groups is 1. The van der Waals surface area contributed by atoms with Crippen LogP contribution in [0.2, 0.25) is 0 Å². The number of hydrogen-bond acceptors (Lipinski definition) is 6. The monoisotopic (exact) mass is 512 g/mol. The lowest BCUT2D eigenvalue weighted by atomic mass is 10.1. The molecule has 168 valence electrons. The van der Waals surface area contributed by atoms with Crippen molar-refractivity contribution < 1.29 is 33.8 Å². The highest BCUT2D eigenvalue weighted by Crippen LogP contribution is 2.37. The van der Waals surface area contributed by atoms with Crippen molar-refractivity contribution in [3.63, 3.8) is 0 Å². The standard InChI is InChI=1S/C23H17BrN2O7/c1-3-9-33-19-17(24)11-13(12-18(19)32-4-2)10-16-20(27)25-23(31)26(21(16)28)15-7-5-14(6-8-15)22(29)30/h1,5-8,10-12H,4,9H2,2H3,(H,29,30)(H,25,27,31)/b16-10+. The van der Waals surface area contributed by atoms with E-state index in [0.29, 0.717) is 28.1 Å². The van der Waals surface area contributed by atoms with Crippen LogP contribution in [0.25, 0.3) is 6.08 Å². The van der Waals surface area contributed by atoms with Crippen LogP contribution in [0, 0.1) is 12.3 Å². The highest BCUT2D eigenvalue weighted by Gasteiger charge is 2.37. The summed E-state index contributed by atoms with van der Waals surface area (Å²) in [5.74, 6) is 0.178. The maximum Gasteiger partial charge on any atom is 0.335 e. The number of hydrogen-bond donors (Lipinski definition) is 2. The van der Waals surface area contributed by atoms with Crippen molar-refractivity contribution in [3.8, 4) is 23.8 Å². The van der Waals surface area contributed by atoms with Gasteiger partial charge in [0.2, 0.25) is 0 Å². The molecule has 33 heavy (non-hydrogen) atoms.